The van der Waals surface area contributed by atoms with Crippen molar-refractivity contribution >= 4 is 16.9 Å². The first-order chi connectivity index (χ1) is 9.11. The lowest BCUT2D eigenvalue weighted by atomic mass is 10.3. The molecule has 0 aliphatic rings. The zero-order chi connectivity index (χ0) is 13.8. The summed E-state index contributed by atoms with van der Waals surface area (Å²) < 4.78 is 4.11. The second-order valence-corrected chi connectivity index (χ2v) is 4.81. The molecule has 0 spiro atoms. The molecule has 2 N–H and O–H groups in total. The first-order valence-electron chi connectivity index (χ1n) is 6.45. The third-order valence-corrected chi connectivity index (χ3v) is 3.14. The Kier molecular flexibility index (Phi) is 4.16. The van der Waals surface area contributed by atoms with Gasteiger partial charge in [-0.3, -0.25) is 4.79 Å². The molecule has 0 aliphatic carbocycles. The third kappa shape index (κ3) is 3.12. The van der Waals surface area contributed by atoms with E-state index in [4.69, 9.17) is 5.11 Å². The van der Waals surface area contributed by atoms with E-state index < -0.39 is 0 Å². The van der Waals surface area contributed by atoms with Gasteiger partial charge >= 0.3 is 0 Å². The van der Waals surface area contributed by atoms with Gasteiger partial charge in [0.15, 0.2) is 11.0 Å². The summed E-state index contributed by atoms with van der Waals surface area (Å²) in [6, 6.07) is 7.91. The topological polar surface area (TPSA) is 58.1 Å². The number of rotatable bonds is 5. The van der Waals surface area contributed by atoms with Gasteiger partial charge in [-0.1, -0.05) is 12.1 Å². The highest BCUT2D eigenvalue weighted by atomic mass is 16.3. The monoisotopic (exact) mass is 262 g/mol. The van der Waals surface area contributed by atoms with Crippen molar-refractivity contribution in [2.45, 2.75) is 25.9 Å². The minimum atomic E-state index is -0.190. The van der Waals surface area contributed by atoms with E-state index in [9.17, 15) is 4.79 Å². The van der Waals surface area contributed by atoms with E-state index in [0.29, 0.717) is 13.0 Å². The number of imidazole rings is 1. The van der Waals surface area contributed by atoms with Crippen LogP contribution in [0.15, 0.2) is 30.6 Å². The standard InChI is InChI=1S/C14H19N3O2/c1-11(9-18)15-14(19)7-8-17-10-16(2)12-5-3-4-6-13(12)17/h3-6,10-11,18H,7-9H2,1-2H3/p+1/t11-/m0/s1. The van der Waals surface area contributed by atoms with Crippen LogP contribution in [-0.4, -0.2) is 28.2 Å². The maximum Gasteiger partial charge on any atom is 0.244 e. The Hall–Kier alpha value is -1.88. The van der Waals surface area contributed by atoms with Crippen LogP contribution in [0.25, 0.3) is 11.0 Å². The Morgan fingerprint density at radius 1 is 1.47 bits per heavy atom. The van der Waals surface area contributed by atoms with Gasteiger partial charge in [0, 0.05) is 6.04 Å². The van der Waals surface area contributed by atoms with E-state index >= 15 is 0 Å². The second-order valence-electron chi connectivity index (χ2n) is 4.81. The molecule has 0 fully saturated rings. The van der Waals surface area contributed by atoms with Crippen molar-refractivity contribution < 1.29 is 14.5 Å². The van der Waals surface area contributed by atoms with Gasteiger partial charge in [-0.05, 0) is 19.1 Å². The summed E-state index contributed by atoms with van der Waals surface area (Å²) in [5.41, 5.74) is 2.26. The van der Waals surface area contributed by atoms with Crippen molar-refractivity contribution in [2.24, 2.45) is 7.05 Å². The number of benzene rings is 1. The lowest BCUT2D eigenvalue weighted by Gasteiger charge is -2.09. The van der Waals surface area contributed by atoms with Crippen LogP contribution in [0.1, 0.15) is 13.3 Å². The largest absolute Gasteiger partial charge is 0.394 e. The average Bonchev–Trinajstić information content (AvgIpc) is 2.74. The Morgan fingerprint density at radius 2 is 2.21 bits per heavy atom. The molecule has 2 aromatic rings. The van der Waals surface area contributed by atoms with Crippen molar-refractivity contribution in [2.75, 3.05) is 6.61 Å². The highest BCUT2D eigenvalue weighted by Gasteiger charge is 2.14. The van der Waals surface area contributed by atoms with Gasteiger partial charge in [-0.25, -0.2) is 9.13 Å². The van der Waals surface area contributed by atoms with Crippen LogP contribution in [-0.2, 0) is 18.4 Å². The van der Waals surface area contributed by atoms with E-state index in [1.807, 2.05) is 36.1 Å². The summed E-state index contributed by atoms with van der Waals surface area (Å²) >= 11 is 0. The summed E-state index contributed by atoms with van der Waals surface area (Å²) in [7, 11) is 1.99. The van der Waals surface area contributed by atoms with Crippen LogP contribution < -0.4 is 9.88 Å². The minimum absolute atomic E-state index is 0.0346. The normalized spacial score (nSPS) is 12.6. The molecule has 0 radical (unpaired) electrons. The lowest BCUT2D eigenvalue weighted by molar-refractivity contribution is -0.645. The molecule has 0 saturated heterocycles. The van der Waals surface area contributed by atoms with Crippen LogP contribution in [0.4, 0.5) is 0 Å². The molecule has 0 aliphatic heterocycles. The van der Waals surface area contributed by atoms with Crippen LogP contribution in [0.5, 0.6) is 0 Å². The molecular formula is C14H20N3O2+. The number of carbonyl (C=O) groups excluding carboxylic acids is 1. The first-order valence-corrected chi connectivity index (χ1v) is 6.45. The minimum Gasteiger partial charge on any atom is -0.394 e. The van der Waals surface area contributed by atoms with Gasteiger partial charge in [-0.15, -0.1) is 0 Å². The molecule has 2 rings (SSSR count). The fraction of sp³-hybridized carbons (Fsp3) is 0.429. The molecule has 0 bridgehead atoms. The quantitative estimate of drug-likeness (QED) is 0.764. The number of amides is 1. The molecule has 1 amide bonds. The number of hydrogen-bond acceptors (Lipinski definition) is 2. The average molecular weight is 262 g/mol. The summed E-state index contributed by atoms with van der Waals surface area (Å²) in [5, 5.41) is 11.6. The van der Waals surface area contributed by atoms with Crippen LogP contribution in [0.2, 0.25) is 0 Å². The van der Waals surface area contributed by atoms with Gasteiger partial charge in [0.25, 0.3) is 0 Å². The summed E-state index contributed by atoms with van der Waals surface area (Å²) in [6.07, 6.45) is 2.40. The van der Waals surface area contributed by atoms with Gasteiger partial charge in [0.2, 0.25) is 12.2 Å². The predicted molar refractivity (Wildman–Crippen MR) is 72.4 cm³/mol. The van der Waals surface area contributed by atoms with Crippen LogP contribution in [0, 0.1) is 0 Å². The summed E-state index contributed by atoms with van der Waals surface area (Å²) in [4.78, 5) is 11.7. The third-order valence-electron chi connectivity index (χ3n) is 3.14. The van der Waals surface area contributed by atoms with Gasteiger partial charge in [-0.2, -0.15) is 0 Å². The van der Waals surface area contributed by atoms with Crippen molar-refractivity contribution in [3.05, 3.63) is 30.6 Å². The number of carbonyl (C=O) groups is 1. The number of aliphatic hydroxyl groups is 1. The SMILES string of the molecule is C[C@@H](CO)NC(=O)CCn1c[n+](C)c2ccccc21. The van der Waals surface area contributed by atoms with E-state index in [0.717, 1.165) is 11.0 Å². The van der Waals surface area contributed by atoms with Gasteiger partial charge in [0.1, 0.15) is 0 Å². The smallest absolute Gasteiger partial charge is 0.244 e. The molecule has 0 unspecified atom stereocenters. The fourth-order valence-electron chi connectivity index (χ4n) is 2.13. The number of aryl methyl sites for hydroxylation is 2. The summed E-state index contributed by atoms with van der Waals surface area (Å²) in [5.74, 6) is -0.0398. The molecule has 19 heavy (non-hydrogen) atoms. The number of fused-ring (bicyclic) bond motifs is 1. The van der Waals surface area contributed by atoms with Crippen molar-refractivity contribution in [3.63, 3.8) is 0 Å². The van der Waals surface area contributed by atoms with E-state index in [1.54, 1.807) is 6.92 Å². The van der Waals surface area contributed by atoms with Crippen molar-refractivity contribution in [3.8, 4) is 0 Å². The van der Waals surface area contributed by atoms with Gasteiger partial charge in [0.05, 0.1) is 26.6 Å². The Morgan fingerprint density at radius 3 is 2.95 bits per heavy atom. The molecule has 5 nitrogen and oxygen atoms in total. The molecule has 1 aromatic carbocycles. The summed E-state index contributed by atoms with van der Waals surface area (Å²) in [6.45, 7) is 2.38. The number of nitrogens with zero attached hydrogens (tertiary/aromatic N) is 2. The van der Waals surface area contributed by atoms with E-state index in [2.05, 4.69) is 16.0 Å². The lowest BCUT2D eigenvalue weighted by Crippen LogP contribution is -2.35. The molecule has 1 atom stereocenters. The predicted octanol–water partition coefficient (Wildman–Crippen LogP) is 0.353. The van der Waals surface area contributed by atoms with E-state index in [1.165, 1.54) is 0 Å². The number of aliphatic hydroxyl groups excluding tert-OH is 1. The molecule has 5 heteroatoms. The molecule has 0 saturated carbocycles. The first kappa shape index (κ1) is 13.5. The van der Waals surface area contributed by atoms with Gasteiger partial charge < -0.3 is 10.4 Å². The maximum absolute atomic E-state index is 11.7. The zero-order valence-electron chi connectivity index (χ0n) is 11.3. The van der Waals surface area contributed by atoms with Crippen LogP contribution in [0.3, 0.4) is 0 Å². The number of aromatic nitrogens is 2. The molecule has 1 heterocycles. The van der Waals surface area contributed by atoms with Crippen molar-refractivity contribution in [1.82, 2.24) is 9.88 Å². The zero-order valence-corrected chi connectivity index (χ0v) is 11.3. The highest BCUT2D eigenvalue weighted by Crippen LogP contribution is 2.10. The second kappa shape index (κ2) is 5.84. The number of para-hydroxylation sites is 2. The Labute approximate surface area is 112 Å². The molecule has 1 aromatic heterocycles. The molecular weight excluding hydrogens is 242 g/mol. The van der Waals surface area contributed by atoms with E-state index in [-0.39, 0.29) is 18.6 Å². The highest BCUT2D eigenvalue weighted by molar-refractivity contribution is 5.76. The Bertz CT molecular complexity index is 577. The fourth-order valence-corrected chi connectivity index (χ4v) is 2.13. The number of hydrogen-bond donors (Lipinski definition) is 2. The number of nitrogens with one attached hydrogen (secondary N) is 1. The maximum atomic E-state index is 11.7. The Balaban J connectivity index is 2.04. The van der Waals surface area contributed by atoms with Crippen LogP contribution >= 0.6 is 0 Å². The van der Waals surface area contributed by atoms with Crippen molar-refractivity contribution in [1.29, 1.82) is 0 Å². The molecule has 102 valence electrons.